The lowest BCUT2D eigenvalue weighted by Gasteiger charge is -2.09. The number of methoxy groups -OCH3 is 1. The van der Waals surface area contributed by atoms with E-state index in [0.717, 1.165) is 23.1 Å². The maximum absolute atomic E-state index is 11.9. The lowest BCUT2D eigenvalue weighted by molar-refractivity contribution is 0.0953. The van der Waals surface area contributed by atoms with Crippen molar-refractivity contribution in [2.45, 2.75) is 6.92 Å². The first kappa shape index (κ1) is 18.4. The lowest BCUT2D eigenvalue weighted by atomic mass is 10.1. The van der Waals surface area contributed by atoms with Crippen LogP contribution in [-0.4, -0.2) is 39.3 Å². The van der Waals surface area contributed by atoms with Crippen molar-refractivity contribution in [2.75, 3.05) is 33.4 Å². The van der Waals surface area contributed by atoms with Crippen molar-refractivity contribution in [3.8, 4) is 0 Å². The molecule has 0 spiro atoms. The summed E-state index contributed by atoms with van der Waals surface area (Å²) in [5.74, 6) is -0.0395. The van der Waals surface area contributed by atoms with Crippen LogP contribution in [0.25, 0.3) is 0 Å². The Balaban J connectivity index is 0.00000324. The highest BCUT2D eigenvalue weighted by Gasteiger charge is 2.08. The van der Waals surface area contributed by atoms with Crippen molar-refractivity contribution in [3.63, 3.8) is 0 Å². The number of carbonyl (C=O) groups is 1. The maximum Gasteiger partial charge on any atom is 0.251 e. The Morgan fingerprint density at radius 1 is 1.32 bits per heavy atom. The molecule has 1 rings (SSSR count). The van der Waals surface area contributed by atoms with Crippen LogP contribution < -0.4 is 10.6 Å². The standard InChI is InChI=1S/C13H19BrN2O2.ClH/c1-10-3-4-11(14)9-12(10)13(17)16-6-5-15-7-8-18-2;/h3-4,9,15H,5-8H2,1-2H3,(H,16,17);1H. The predicted molar refractivity (Wildman–Crippen MR) is 83.2 cm³/mol. The van der Waals surface area contributed by atoms with Crippen molar-refractivity contribution in [1.29, 1.82) is 0 Å². The predicted octanol–water partition coefficient (Wildman–Crippen LogP) is 2.15. The van der Waals surface area contributed by atoms with Crippen molar-refractivity contribution >= 4 is 34.2 Å². The van der Waals surface area contributed by atoms with Gasteiger partial charge in [0.05, 0.1) is 6.61 Å². The van der Waals surface area contributed by atoms with E-state index < -0.39 is 0 Å². The molecule has 1 aromatic rings. The van der Waals surface area contributed by atoms with Gasteiger partial charge in [-0.3, -0.25) is 4.79 Å². The molecule has 0 unspecified atom stereocenters. The van der Waals surface area contributed by atoms with Gasteiger partial charge in [-0.15, -0.1) is 12.4 Å². The van der Waals surface area contributed by atoms with Gasteiger partial charge >= 0.3 is 0 Å². The average molecular weight is 352 g/mol. The van der Waals surface area contributed by atoms with Gasteiger partial charge in [-0.1, -0.05) is 22.0 Å². The molecule has 0 fully saturated rings. The summed E-state index contributed by atoms with van der Waals surface area (Å²) in [4.78, 5) is 11.9. The number of benzene rings is 1. The molecule has 108 valence electrons. The fraction of sp³-hybridized carbons (Fsp3) is 0.462. The van der Waals surface area contributed by atoms with Gasteiger partial charge in [-0.05, 0) is 24.6 Å². The number of rotatable bonds is 7. The van der Waals surface area contributed by atoms with E-state index in [1.807, 2.05) is 25.1 Å². The first-order valence-corrected chi connectivity index (χ1v) is 6.68. The first-order chi connectivity index (χ1) is 8.65. The van der Waals surface area contributed by atoms with E-state index in [4.69, 9.17) is 4.74 Å². The molecule has 2 N–H and O–H groups in total. The van der Waals surface area contributed by atoms with E-state index in [1.54, 1.807) is 7.11 Å². The number of carbonyl (C=O) groups excluding carboxylic acids is 1. The number of aryl methyl sites for hydroxylation is 1. The number of hydrogen-bond donors (Lipinski definition) is 2. The molecule has 1 amide bonds. The lowest BCUT2D eigenvalue weighted by Crippen LogP contribution is -2.33. The third-order valence-electron chi connectivity index (χ3n) is 2.51. The molecule has 0 radical (unpaired) electrons. The summed E-state index contributed by atoms with van der Waals surface area (Å²) in [6, 6.07) is 5.69. The van der Waals surface area contributed by atoms with Crippen LogP contribution in [0.5, 0.6) is 0 Å². The molecule has 0 saturated carbocycles. The molecule has 0 saturated heterocycles. The molecule has 0 atom stereocenters. The van der Waals surface area contributed by atoms with E-state index in [-0.39, 0.29) is 18.3 Å². The van der Waals surface area contributed by atoms with Gasteiger partial charge in [0.1, 0.15) is 0 Å². The Labute approximate surface area is 128 Å². The van der Waals surface area contributed by atoms with Crippen LogP contribution in [0.1, 0.15) is 15.9 Å². The van der Waals surface area contributed by atoms with E-state index in [2.05, 4.69) is 26.6 Å². The molecular weight excluding hydrogens is 332 g/mol. The van der Waals surface area contributed by atoms with Crippen LogP contribution in [0, 0.1) is 6.92 Å². The van der Waals surface area contributed by atoms with Gasteiger partial charge in [0, 0.05) is 36.8 Å². The van der Waals surface area contributed by atoms with Crippen LogP contribution in [0.3, 0.4) is 0 Å². The van der Waals surface area contributed by atoms with Gasteiger partial charge in [0.25, 0.3) is 5.91 Å². The highest BCUT2D eigenvalue weighted by molar-refractivity contribution is 9.10. The molecule has 0 aliphatic carbocycles. The van der Waals surface area contributed by atoms with Gasteiger partial charge < -0.3 is 15.4 Å². The molecule has 0 aliphatic heterocycles. The van der Waals surface area contributed by atoms with Crippen LogP contribution in [0.2, 0.25) is 0 Å². The molecular formula is C13H20BrClN2O2. The minimum atomic E-state index is -0.0395. The highest BCUT2D eigenvalue weighted by Crippen LogP contribution is 2.15. The quantitative estimate of drug-likeness (QED) is 0.740. The zero-order chi connectivity index (χ0) is 13.4. The fourth-order valence-corrected chi connectivity index (χ4v) is 1.86. The van der Waals surface area contributed by atoms with E-state index in [9.17, 15) is 4.79 Å². The van der Waals surface area contributed by atoms with Crippen LogP contribution in [0.15, 0.2) is 22.7 Å². The van der Waals surface area contributed by atoms with Crippen LogP contribution in [-0.2, 0) is 4.74 Å². The fourth-order valence-electron chi connectivity index (χ4n) is 1.50. The topological polar surface area (TPSA) is 50.4 Å². The summed E-state index contributed by atoms with van der Waals surface area (Å²) in [6.07, 6.45) is 0. The Morgan fingerprint density at radius 2 is 2.05 bits per heavy atom. The van der Waals surface area contributed by atoms with Gasteiger partial charge in [-0.2, -0.15) is 0 Å². The minimum absolute atomic E-state index is 0. The molecule has 4 nitrogen and oxygen atoms in total. The molecule has 6 heteroatoms. The van der Waals surface area contributed by atoms with Crippen molar-refractivity contribution in [1.82, 2.24) is 10.6 Å². The summed E-state index contributed by atoms with van der Waals surface area (Å²) in [7, 11) is 1.67. The second kappa shape index (κ2) is 10.2. The van der Waals surface area contributed by atoms with E-state index in [1.165, 1.54) is 0 Å². The normalized spacial score (nSPS) is 9.84. The summed E-state index contributed by atoms with van der Waals surface area (Å²) >= 11 is 3.37. The summed E-state index contributed by atoms with van der Waals surface area (Å²) in [5.41, 5.74) is 1.68. The third kappa shape index (κ3) is 6.92. The molecule has 0 aliphatic rings. The summed E-state index contributed by atoms with van der Waals surface area (Å²) in [6.45, 7) is 4.75. The smallest absolute Gasteiger partial charge is 0.251 e. The Morgan fingerprint density at radius 3 is 2.74 bits per heavy atom. The second-order valence-electron chi connectivity index (χ2n) is 3.96. The minimum Gasteiger partial charge on any atom is -0.383 e. The summed E-state index contributed by atoms with van der Waals surface area (Å²) < 4.78 is 5.83. The van der Waals surface area contributed by atoms with E-state index >= 15 is 0 Å². The number of ether oxygens (including phenoxy) is 1. The van der Waals surface area contributed by atoms with Gasteiger partial charge in [-0.25, -0.2) is 0 Å². The second-order valence-corrected chi connectivity index (χ2v) is 4.87. The molecule has 0 aromatic heterocycles. The molecule has 0 heterocycles. The van der Waals surface area contributed by atoms with Crippen LogP contribution in [0.4, 0.5) is 0 Å². The summed E-state index contributed by atoms with van der Waals surface area (Å²) in [5, 5.41) is 6.05. The highest BCUT2D eigenvalue weighted by atomic mass is 79.9. The van der Waals surface area contributed by atoms with E-state index in [0.29, 0.717) is 18.7 Å². The van der Waals surface area contributed by atoms with Gasteiger partial charge in [0.2, 0.25) is 0 Å². The third-order valence-corrected chi connectivity index (χ3v) is 3.01. The largest absolute Gasteiger partial charge is 0.383 e. The average Bonchev–Trinajstić information content (AvgIpc) is 2.36. The van der Waals surface area contributed by atoms with Crippen molar-refractivity contribution < 1.29 is 9.53 Å². The van der Waals surface area contributed by atoms with Gasteiger partial charge in [0.15, 0.2) is 0 Å². The number of hydrogen-bond acceptors (Lipinski definition) is 3. The number of nitrogens with one attached hydrogen (secondary N) is 2. The Bertz CT molecular complexity index is 402. The first-order valence-electron chi connectivity index (χ1n) is 5.89. The SMILES string of the molecule is COCCNCCNC(=O)c1cc(Br)ccc1C.Cl. The Kier molecular flexibility index (Phi) is 9.87. The van der Waals surface area contributed by atoms with Crippen molar-refractivity contribution in [2.24, 2.45) is 0 Å². The van der Waals surface area contributed by atoms with Crippen molar-refractivity contribution in [3.05, 3.63) is 33.8 Å². The zero-order valence-electron chi connectivity index (χ0n) is 11.2. The molecule has 0 bridgehead atoms. The number of amides is 1. The monoisotopic (exact) mass is 350 g/mol. The Hall–Kier alpha value is -0.620. The number of halogens is 2. The van der Waals surface area contributed by atoms with Crippen LogP contribution >= 0.6 is 28.3 Å². The molecule has 1 aromatic carbocycles. The zero-order valence-corrected chi connectivity index (χ0v) is 13.6. The maximum atomic E-state index is 11.9. The molecule has 19 heavy (non-hydrogen) atoms.